The molecular formula is C25H19Cl2F2NO4. The molecule has 2 aromatic carbocycles. The molecule has 3 aliphatic rings. The quantitative estimate of drug-likeness (QED) is 0.369. The van der Waals surface area contributed by atoms with E-state index in [2.05, 4.69) is 5.32 Å². The number of hydrogen-bond acceptors (Lipinski definition) is 4. The van der Waals surface area contributed by atoms with E-state index in [1.54, 1.807) is 18.2 Å². The van der Waals surface area contributed by atoms with E-state index in [-0.39, 0.29) is 50.8 Å². The molecule has 3 aromatic rings. The van der Waals surface area contributed by atoms with Crippen molar-refractivity contribution in [2.45, 2.75) is 31.2 Å². The number of amides is 1. The molecule has 0 spiro atoms. The Morgan fingerprint density at radius 2 is 1.65 bits per heavy atom. The smallest absolute Gasteiger partial charge is 0.258 e. The molecule has 5 nitrogen and oxygen atoms in total. The summed E-state index contributed by atoms with van der Waals surface area (Å²) in [6, 6.07) is 11.5. The van der Waals surface area contributed by atoms with Gasteiger partial charge >= 0.3 is 0 Å². The molecule has 3 aliphatic carbocycles. The van der Waals surface area contributed by atoms with Gasteiger partial charge in [-0.15, -0.1) is 0 Å². The number of rotatable bonds is 8. The van der Waals surface area contributed by atoms with E-state index < -0.39 is 11.6 Å². The number of ether oxygens (including phenoxy) is 1. The highest BCUT2D eigenvalue weighted by Gasteiger charge is 2.68. The normalized spacial score (nSPS) is 22.5. The number of Topliss-reactive ketones (excluding diaryl/α,β-unsaturated/α-hetero) is 1. The third-order valence-electron chi connectivity index (χ3n) is 6.43. The first-order valence-corrected chi connectivity index (χ1v) is 11.4. The van der Waals surface area contributed by atoms with Gasteiger partial charge in [0.05, 0.1) is 10.0 Å². The highest BCUT2D eigenvalue weighted by Crippen LogP contribution is 2.69. The van der Waals surface area contributed by atoms with E-state index in [9.17, 15) is 18.4 Å². The van der Waals surface area contributed by atoms with Gasteiger partial charge < -0.3 is 14.5 Å². The minimum Gasteiger partial charge on any atom is -0.484 e. The lowest BCUT2D eigenvalue weighted by molar-refractivity contribution is -0.164. The van der Waals surface area contributed by atoms with Crippen LogP contribution in [0.2, 0.25) is 10.0 Å². The second-order valence-corrected chi connectivity index (χ2v) is 9.93. The topological polar surface area (TPSA) is 68.5 Å². The van der Waals surface area contributed by atoms with Crippen LogP contribution in [0.1, 0.15) is 36.2 Å². The molecule has 0 saturated heterocycles. The second-order valence-electron chi connectivity index (χ2n) is 9.12. The molecule has 1 aromatic heterocycles. The molecule has 0 unspecified atom stereocenters. The van der Waals surface area contributed by atoms with Crippen LogP contribution in [-0.2, 0) is 4.79 Å². The van der Waals surface area contributed by atoms with Gasteiger partial charge in [0.1, 0.15) is 23.1 Å². The van der Waals surface area contributed by atoms with Crippen LogP contribution in [0.3, 0.4) is 0 Å². The maximum absolute atomic E-state index is 13.7. The molecule has 176 valence electrons. The highest BCUT2D eigenvalue weighted by molar-refractivity contribution is 6.31. The summed E-state index contributed by atoms with van der Waals surface area (Å²) < 4.78 is 38.2. The first-order chi connectivity index (χ1) is 16.2. The van der Waals surface area contributed by atoms with Crippen molar-refractivity contribution >= 4 is 34.9 Å². The standard InChI is InChI=1S/C25H19Cl2F2NO4/c26-16-3-1-14(7-18(16)28)21-5-6-22(34-21)20(31)9-24-11-25(12-24,13-24)30-23(32)10-33-15-2-4-17(27)19(29)8-15/h1-8H,9-13H2,(H,30,32). The monoisotopic (exact) mass is 505 g/mol. The molecule has 34 heavy (non-hydrogen) atoms. The van der Waals surface area contributed by atoms with E-state index in [1.807, 2.05) is 0 Å². The maximum Gasteiger partial charge on any atom is 0.258 e. The van der Waals surface area contributed by atoms with E-state index in [4.69, 9.17) is 32.4 Å². The number of carbonyl (C=O) groups is 2. The van der Waals surface area contributed by atoms with Crippen LogP contribution in [0.25, 0.3) is 11.3 Å². The summed E-state index contributed by atoms with van der Waals surface area (Å²) in [7, 11) is 0. The predicted octanol–water partition coefficient (Wildman–Crippen LogP) is 6.22. The van der Waals surface area contributed by atoms with Crippen molar-refractivity contribution in [3.63, 3.8) is 0 Å². The average molecular weight is 506 g/mol. The molecule has 3 saturated carbocycles. The fourth-order valence-corrected chi connectivity index (χ4v) is 5.32. The lowest BCUT2D eigenvalue weighted by Crippen LogP contribution is -2.75. The molecule has 1 N–H and O–H groups in total. The fourth-order valence-electron chi connectivity index (χ4n) is 5.09. The summed E-state index contributed by atoms with van der Waals surface area (Å²) in [6.07, 6.45) is 2.40. The van der Waals surface area contributed by atoms with Crippen molar-refractivity contribution in [3.8, 4) is 17.1 Å². The van der Waals surface area contributed by atoms with Gasteiger partial charge in [0.25, 0.3) is 5.91 Å². The molecule has 0 aliphatic heterocycles. The summed E-state index contributed by atoms with van der Waals surface area (Å²) in [4.78, 5) is 25.0. The maximum atomic E-state index is 13.7. The third kappa shape index (κ3) is 4.30. The van der Waals surface area contributed by atoms with Gasteiger partial charge in [0.2, 0.25) is 0 Å². The molecule has 9 heteroatoms. The first-order valence-electron chi connectivity index (χ1n) is 10.6. The molecule has 3 fully saturated rings. The Labute approximate surface area is 204 Å². The van der Waals surface area contributed by atoms with Gasteiger partial charge in [-0.1, -0.05) is 23.2 Å². The average Bonchev–Trinajstić information content (AvgIpc) is 3.24. The zero-order chi connectivity index (χ0) is 24.1. The number of benzene rings is 2. The summed E-state index contributed by atoms with van der Waals surface area (Å²) in [6.45, 7) is -0.241. The number of furan rings is 1. The molecule has 1 heterocycles. The zero-order valence-electron chi connectivity index (χ0n) is 17.8. The van der Waals surface area contributed by atoms with Crippen molar-refractivity contribution in [2.75, 3.05) is 6.61 Å². The molecular weight excluding hydrogens is 487 g/mol. The number of carbonyl (C=O) groups excluding carboxylic acids is 2. The van der Waals surface area contributed by atoms with Crippen LogP contribution in [0, 0.1) is 17.0 Å². The van der Waals surface area contributed by atoms with Crippen molar-refractivity contribution < 1.29 is 27.5 Å². The summed E-state index contributed by atoms with van der Waals surface area (Å²) in [5, 5.41) is 2.96. The van der Waals surface area contributed by atoms with Gasteiger partial charge in [0, 0.05) is 23.6 Å². The Balaban J connectivity index is 1.11. The summed E-state index contributed by atoms with van der Waals surface area (Å²) >= 11 is 11.3. The summed E-state index contributed by atoms with van der Waals surface area (Å²) in [5.41, 5.74) is 0.0297. The Hall–Kier alpha value is -2.90. The second kappa shape index (κ2) is 8.40. The van der Waals surface area contributed by atoms with Crippen molar-refractivity contribution in [1.82, 2.24) is 5.32 Å². The first kappa shape index (κ1) is 22.9. The number of nitrogens with one attached hydrogen (secondary N) is 1. The van der Waals surface area contributed by atoms with Crippen LogP contribution in [0.4, 0.5) is 8.78 Å². The van der Waals surface area contributed by atoms with Gasteiger partial charge in [-0.05, 0) is 67.1 Å². The lowest BCUT2D eigenvalue weighted by Gasteiger charge is -2.70. The third-order valence-corrected chi connectivity index (χ3v) is 7.04. The van der Waals surface area contributed by atoms with Crippen LogP contribution in [0.15, 0.2) is 52.9 Å². The molecule has 6 rings (SSSR count). The molecule has 0 atom stereocenters. The predicted molar refractivity (Wildman–Crippen MR) is 122 cm³/mol. The number of ketones is 1. The highest BCUT2D eigenvalue weighted by atomic mass is 35.5. The van der Waals surface area contributed by atoms with Crippen LogP contribution in [-0.4, -0.2) is 23.8 Å². The zero-order valence-corrected chi connectivity index (χ0v) is 19.3. The number of halogens is 4. The molecule has 2 bridgehead atoms. The van der Waals surface area contributed by atoms with Crippen molar-refractivity contribution in [2.24, 2.45) is 5.41 Å². The largest absolute Gasteiger partial charge is 0.484 e. The Bertz CT molecular complexity index is 1290. The Morgan fingerprint density at radius 3 is 2.32 bits per heavy atom. The molecule has 0 radical (unpaired) electrons. The van der Waals surface area contributed by atoms with E-state index in [0.29, 0.717) is 37.0 Å². The van der Waals surface area contributed by atoms with Crippen molar-refractivity contribution in [3.05, 3.63) is 76.0 Å². The van der Waals surface area contributed by atoms with Crippen LogP contribution < -0.4 is 10.1 Å². The Morgan fingerprint density at radius 1 is 0.971 bits per heavy atom. The van der Waals surface area contributed by atoms with E-state index >= 15 is 0 Å². The van der Waals surface area contributed by atoms with Crippen molar-refractivity contribution in [1.29, 1.82) is 0 Å². The Kier molecular flexibility index (Phi) is 5.65. The van der Waals surface area contributed by atoms with Crippen LogP contribution in [0.5, 0.6) is 5.75 Å². The van der Waals surface area contributed by atoms with E-state index in [0.717, 1.165) is 6.07 Å². The molecule has 1 amide bonds. The van der Waals surface area contributed by atoms with Gasteiger partial charge in [0.15, 0.2) is 18.2 Å². The minimum atomic E-state index is -0.616. The SMILES string of the molecule is O=C(COc1ccc(Cl)c(F)c1)NC12CC(CC(=O)c3ccc(-c4ccc(Cl)c(F)c4)o3)(C1)C2. The van der Waals surface area contributed by atoms with Crippen LogP contribution >= 0.6 is 23.2 Å². The van der Waals surface area contributed by atoms with E-state index in [1.165, 1.54) is 24.3 Å². The summed E-state index contributed by atoms with van der Waals surface area (Å²) in [5.74, 6) is -0.785. The fraction of sp³-hybridized carbons (Fsp3) is 0.280. The lowest BCUT2D eigenvalue weighted by atomic mass is 9.38. The number of hydrogen-bond donors (Lipinski definition) is 1. The van der Waals surface area contributed by atoms with Gasteiger partial charge in [-0.2, -0.15) is 0 Å². The van der Waals surface area contributed by atoms with Gasteiger partial charge in [-0.25, -0.2) is 8.78 Å². The van der Waals surface area contributed by atoms with Gasteiger partial charge in [-0.3, -0.25) is 9.59 Å². The minimum absolute atomic E-state index is 0.0155.